The Hall–Kier alpha value is -1.92. The number of urea groups is 1. The maximum Gasteiger partial charge on any atom is 0.330 e. The number of nitrogens with one attached hydrogen (secondary N) is 1. The maximum absolute atomic E-state index is 11.4. The number of rotatable bonds is 1. The summed E-state index contributed by atoms with van der Waals surface area (Å²) in [6, 6.07) is -0.776. The number of hydrogen-bond donors (Lipinski definition) is 2. The van der Waals surface area contributed by atoms with Crippen LogP contribution < -0.4 is 5.32 Å². The van der Waals surface area contributed by atoms with Crippen LogP contribution in [0.25, 0.3) is 0 Å². The predicted octanol–water partition coefficient (Wildman–Crippen LogP) is -0.839. The zero-order valence-electron chi connectivity index (χ0n) is 7.64. The van der Waals surface area contributed by atoms with Crippen LogP contribution >= 0.6 is 0 Å². The van der Waals surface area contributed by atoms with E-state index in [9.17, 15) is 14.4 Å². The summed E-state index contributed by atoms with van der Waals surface area (Å²) in [4.78, 5) is 34.3. The minimum absolute atomic E-state index is 0.0492. The van der Waals surface area contributed by atoms with Gasteiger partial charge in [-0.05, 0) is 6.92 Å². The van der Waals surface area contributed by atoms with Crippen molar-refractivity contribution in [1.29, 1.82) is 0 Å². The lowest BCUT2D eigenvalue weighted by Gasteiger charge is -2.26. The summed E-state index contributed by atoms with van der Waals surface area (Å²) in [6.07, 6.45) is 0. The quantitative estimate of drug-likeness (QED) is 0.249. The fourth-order valence-electron chi connectivity index (χ4n) is 1.09. The van der Waals surface area contributed by atoms with E-state index < -0.39 is 23.8 Å². The smallest absolute Gasteiger partial charge is 0.330 e. The third-order valence-electron chi connectivity index (χ3n) is 1.95. The summed E-state index contributed by atoms with van der Waals surface area (Å²) in [7, 11) is 1.24. The molecule has 7 nitrogen and oxygen atoms in total. The summed E-state index contributed by atoms with van der Waals surface area (Å²) < 4.78 is 0. The number of barbiturate groups is 1. The van der Waals surface area contributed by atoms with E-state index in [2.05, 4.69) is 5.16 Å². The standard InChI is InChI=1S/C7H9N3O4/c1-3(9-14)4-5(11)8-7(13)10(2)6(4)12/h4,14H,1-2H3,(H,8,11,13)/b9-3+. The summed E-state index contributed by atoms with van der Waals surface area (Å²) in [5.74, 6) is -2.69. The van der Waals surface area contributed by atoms with Gasteiger partial charge in [0.05, 0.1) is 5.71 Å². The van der Waals surface area contributed by atoms with Crippen molar-refractivity contribution >= 4 is 23.6 Å². The van der Waals surface area contributed by atoms with Gasteiger partial charge in [-0.15, -0.1) is 0 Å². The maximum atomic E-state index is 11.4. The predicted molar refractivity (Wildman–Crippen MR) is 44.7 cm³/mol. The van der Waals surface area contributed by atoms with Crippen molar-refractivity contribution in [3.8, 4) is 0 Å². The van der Waals surface area contributed by atoms with Crippen LogP contribution in [0.15, 0.2) is 5.16 Å². The molecule has 0 radical (unpaired) electrons. The molecule has 1 aliphatic heterocycles. The highest BCUT2D eigenvalue weighted by atomic mass is 16.4. The average Bonchev–Trinajstić information content (AvgIpc) is 2.14. The first kappa shape index (κ1) is 10.2. The monoisotopic (exact) mass is 199 g/mol. The first-order valence-corrected chi connectivity index (χ1v) is 3.80. The molecule has 1 saturated heterocycles. The van der Waals surface area contributed by atoms with Crippen LogP contribution in [0.3, 0.4) is 0 Å². The Bertz CT molecular complexity index is 336. The first-order valence-electron chi connectivity index (χ1n) is 3.80. The number of oxime groups is 1. The second kappa shape index (κ2) is 3.44. The van der Waals surface area contributed by atoms with Gasteiger partial charge in [0.1, 0.15) is 0 Å². The van der Waals surface area contributed by atoms with E-state index in [1.54, 1.807) is 0 Å². The van der Waals surface area contributed by atoms with Crippen LogP contribution in [0.5, 0.6) is 0 Å². The third-order valence-corrected chi connectivity index (χ3v) is 1.95. The van der Waals surface area contributed by atoms with E-state index in [0.29, 0.717) is 0 Å². The lowest BCUT2D eigenvalue weighted by Crippen LogP contribution is -2.58. The molecule has 0 aliphatic carbocycles. The zero-order valence-corrected chi connectivity index (χ0v) is 7.64. The van der Waals surface area contributed by atoms with Crippen LogP contribution in [-0.2, 0) is 9.59 Å². The van der Waals surface area contributed by atoms with Crippen molar-refractivity contribution in [1.82, 2.24) is 10.2 Å². The highest BCUT2D eigenvalue weighted by Crippen LogP contribution is 2.10. The Morgan fingerprint density at radius 1 is 1.50 bits per heavy atom. The van der Waals surface area contributed by atoms with E-state index in [0.717, 1.165) is 4.90 Å². The first-order chi connectivity index (χ1) is 6.49. The normalized spacial score (nSPS) is 23.9. The number of imide groups is 2. The summed E-state index contributed by atoms with van der Waals surface area (Å²) in [6.45, 7) is 1.33. The summed E-state index contributed by atoms with van der Waals surface area (Å²) in [5.41, 5.74) is -0.0492. The molecule has 1 unspecified atom stereocenters. The second-order valence-corrected chi connectivity index (χ2v) is 2.87. The number of carbonyl (C=O) groups is 3. The van der Waals surface area contributed by atoms with Crippen LogP contribution in [0.2, 0.25) is 0 Å². The molecule has 7 heteroatoms. The SMILES string of the molecule is C/C(=N\O)C1C(=O)NC(=O)N(C)C1=O. The van der Waals surface area contributed by atoms with Crippen LogP contribution in [0.1, 0.15) is 6.92 Å². The largest absolute Gasteiger partial charge is 0.411 e. The van der Waals surface area contributed by atoms with E-state index in [-0.39, 0.29) is 5.71 Å². The van der Waals surface area contributed by atoms with E-state index in [4.69, 9.17) is 5.21 Å². The summed E-state index contributed by atoms with van der Waals surface area (Å²) >= 11 is 0. The van der Waals surface area contributed by atoms with Gasteiger partial charge in [0, 0.05) is 7.05 Å². The van der Waals surface area contributed by atoms with Crippen molar-refractivity contribution in [2.24, 2.45) is 11.1 Å². The Kier molecular flexibility index (Phi) is 2.50. The van der Waals surface area contributed by atoms with Gasteiger partial charge in [0.2, 0.25) is 11.8 Å². The highest BCUT2D eigenvalue weighted by molar-refractivity contribution is 6.26. The van der Waals surface area contributed by atoms with Crippen molar-refractivity contribution in [3.05, 3.63) is 0 Å². The molecule has 1 fully saturated rings. The fourth-order valence-corrected chi connectivity index (χ4v) is 1.09. The van der Waals surface area contributed by atoms with Crippen LogP contribution in [0, 0.1) is 5.92 Å². The molecule has 1 aliphatic rings. The van der Waals surface area contributed by atoms with Gasteiger partial charge in [0.25, 0.3) is 0 Å². The number of amides is 4. The summed E-state index contributed by atoms with van der Waals surface area (Å²) in [5, 5.41) is 13.2. The van der Waals surface area contributed by atoms with E-state index in [1.807, 2.05) is 5.32 Å². The molecule has 0 aromatic rings. The van der Waals surface area contributed by atoms with Gasteiger partial charge in [-0.3, -0.25) is 19.8 Å². The molecule has 14 heavy (non-hydrogen) atoms. The van der Waals surface area contributed by atoms with Crippen molar-refractivity contribution in [2.75, 3.05) is 7.05 Å². The molecule has 0 bridgehead atoms. The van der Waals surface area contributed by atoms with Gasteiger partial charge in [-0.1, -0.05) is 5.16 Å². The average molecular weight is 199 g/mol. The molecular weight excluding hydrogens is 190 g/mol. The van der Waals surface area contributed by atoms with E-state index in [1.165, 1.54) is 14.0 Å². The Labute approximate surface area is 79.4 Å². The van der Waals surface area contributed by atoms with E-state index >= 15 is 0 Å². The second-order valence-electron chi connectivity index (χ2n) is 2.87. The lowest BCUT2D eigenvalue weighted by molar-refractivity contribution is -0.138. The van der Waals surface area contributed by atoms with Gasteiger partial charge in [0.15, 0.2) is 5.92 Å². The molecular formula is C7H9N3O4. The topological polar surface area (TPSA) is 99.1 Å². The van der Waals surface area contributed by atoms with Crippen molar-refractivity contribution in [2.45, 2.75) is 6.92 Å². The minimum atomic E-state index is -1.22. The van der Waals surface area contributed by atoms with Crippen LogP contribution in [0.4, 0.5) is 4.79 Å². The van der Waals surface area contributed by atoms with Gasteiger partial charge in [-0.25, -0.2) is 4.79 Å². The highest BCUT2D eigenvalue weighted by Gasteiger charge is 2.40. The van der Waals surface area contributed by atoms with Crippen molar-refractivity contribution in [3.63, 3.8) is 0 Å². The van der Waals surface area contributed by atoms with Gasteiger partial charge >= 0.3 is 6.03 Å². The number of nitrogens with zero attached hydrogens (tertiary/aromatic N) is 2. The Balaban J connectivity index is 3.02. The zero-order chi connectivity index (χ0) is 10.9. The van der Waals surface area contributed by atoms with Gasteiger partial charge in [-0.2, -0.15) is 0 Å². The molecule has 76 valence electrons. The molecule has 1 atom stereocenters. The Morgan fingerprint density at radius 3 is 2.57 bits per heavy atom. The Morgan fingerprint density at radius 2 is 2.07 bits per heavy atom. The molecule has 0 aromatic heterocycles. The third kappa shape index (κ3) is 1.43. The fraction of sp³-hybridized carbons (Fsp3) is 0.429. The minimum Gasteiger partial charge on any atom is -0.411 e. The van der Waals surface area contributed by atoms with Crippen molar-refractivity contribution < 1.29 is 19.6 Å². The van der Waals surface area contributed by atoms with Gasteiger partial charge < -0.3 is 5.21 Å². The number of hydrogen-bond acceptors (Lipinski definition) is 5. The molecule has 0 aromatic carbocycles. The lowest BCUT2D eigenvalue weighted by atomic mass is 10.0. The molecule has 2 N–H and O–H groups in total. The molecule has 1 rings (SSSR count). The molecule has 0 saturated carbocycles. The molecule has 4 amide bonds. The molecule has 0 spiro atoms. The number of carbonyl (C=O) groups excluding carboxylic acids is 3. The molecule has 1 heterocycles. The van der Waals surface area contributed by atoms with Crippen LogP contribution in [-0.4, -0.2) is 40.7 Å².